The van der Waals surface area contributed by atoms with Gasteiger partial charge in [-0.2, -0.15) is 0 Å². The molecule has 0 amide bonds. The Morgan fingerprint density at radius 2 is 2.29 bits per heavy atom. The average Bonchev–Trinajstić information content (AvgIpc) is 2.71. The smallest absolute Gasteiger partial charge is 0.0946 e. The molecule has 14 heavy (non-hydrogen) atoms. The van der Waals surface area contributed by atoms with Crippen LogP contribution < -0.4 is 0 Å². The lowest BCUT2D eigenvalue weighted by Gasteiger charge is -2.19. The molecule has 0 aliphatic rings. The Hall–Kier alpha value is -0.870. The molecule has 0 radical (unpaired) electrons. The maximum atomic E-state index is 8.72. The van der Waals surface area contributed by atoms with E-state index in [4.69, 9.17) is 5.11 Å². The predicted octanol–water partition coefficient (Wildman–Crippen LogP) is 0.587. The van der Waals surface area contributed by atoms with Crippen molar-refractivity contribution in [1.82, 2.24) is 14.5 Å². The molecule has 1 aromatic rings. The second kappa shape index (κ2) is 6.56. The normalized spacial score (nSPS) is 11.1. The summed E-state index contributed by atoms with van der Waals surface area (Å²) < 4.78 is 2.07. The van der Waals surface area contributed by atoms with Gasteiger partial charge in [0.25, 0.3) is 0 Å². The van der Waals surface area contributed by atoms with E-state index in [-0.39, 0.29) is 6.61 Å². The van der Waals surface area contributed by atoms with E-state index in [0.29, 0.717) is 0 Å². The van der Waals surface area contributed by atoms with E-state index >= 15 is 0 Å². The van der Waals surface area contributed by atoms with E-state index in [1.54, 1.807) is 6.20 Å². The minimum atomic E-state index is 0.279. The molecule has 0 saturated heterocycles. The highest BCUT2D eigenvalue weighted by atomic mass is 16.3. The number of rotatable bonds is 7. The van der Waals surface area contributed by atoms with E-state index in [1.807, 2.05) is 12.5 Å². The molecule has 0 bridgehead atoms. The Kier molecular flexibility index (Phi) is 5.25. The van der Waals surface area contributed by atoms with Crippen molar-refractivity contribution in [3.63, 3.8) is 0 Å². The minimum absolute atomic E-state index is 0.279. The predicted molar refractivity (Wildman–Crippen MR) is 56.0 cm³/mol. The van der Waals surface area contributed by atoms with Gasteiger partial charge in [-0.1, -0.05) is 6.92 Å². The van der Waals surface area contributed by atoms with Crippen molar-refractivity contribution in [3.05, 3.63) is 18.7 Å². The Morgan fingerprint density at radius 3 is 2.86 bits per heavy atom. The third-order valence-corrected chi connectivity index (χ3v) is 2.31. The lowest BCUT2D eigenvalue weighted by molar-refractivity contribution is 0.225. The molecule has 4 heteroatoms. The molecule has 0 spiro atoms. The van der Waals surface area contributed by atoms with Crippen molar-refractivity contribution in [2.24, 2.45) is 0 Å². The van der Waals surface area contributed by atoms with E-state index in [2.05, 4.69) is 21.4 Å². The first-order valence-corrected chi connectivity index (χ1v) is 5.15. The van der Waals surface area contributed by atoms with Crippen molar-refractivity contribution >= 4 is 0 Å². The number of aromatic nitrogens is 2. The largest absolute Gasteiger partial charge is 0.396 e. The molecule has 0 aromatic carbocycles. The van der Waals surface area contributed by atoms with Crippen LogP contribution in [0.5, 0.6) is 0 Å². The van der Waals surface area contributed by atoms with Gasteiger partial charge < -0.3 is 14.6 Å². The molecule has 0 atom stereocenters. The third kappa shape index (κ3) is 3.89. The Balaban J connectivity index is 2.20. The highest BCUT2D eigenvalue weighted by molar-refractivity contribution is 4.74. The summed E-state index contributed by atoms with van der Waals surface area (Å²) in [7, 11) is 0. The Morgan fingerprint density at radius 1 is 1.43 bits per heavy atom. The summed E-state index contributed by atoms with van der Waals surface area (Å²) in [6.07, 6.45) is 6.46. The van der Waals surface area contributed by atoms with Crippen molar-refractivity contribution in [3.8, 4) is 0 Å². The molecule has 0 saturated carbocycles. The van der Waals surface area contributed by atoms with Crippen molar-refractivity contribution in [1.29, 1.82) is 0 Å². The molecular formula is C10H19N3O. The molecule has 4 nitrogen and oxygen atoms in total. The average molecular weight is 197 g/mol. The zero-order chi connectivity index (χ0) is 10.2. The van der Waals surface area contributed by atoms with Crippen molar-refractivity contribution < 1.29 is 5.11 Å². The van der Waals surface area contributed by atoms with Gasteiger partial charge in [-0.05, 0) is 13.0 Å². The molecule has 80 valence electrons. The van der Waals surface area contributed by atoms with Gasteiger partial charge in [-0.15, -0.1) is 0 Å². The van der Waals surface area contributed by atoms with Gasteiger partial charge in [-0.3, -0.25) is 0 Å². The summed E-state index contributed by atoms with van der Waals surface area (Å²) in [5.74, 6) is 0. The van der Waals surface area contributed by atoms with Gasteiger partial charge in [0.15, 0.2) is 0 Å². The van der Waals surface area contributed by atoms with Crippen LogP contribution in [-0.4, -0.2) is 45.8 Å². The molecule has 1 heterocycles. The summed E-state index contributed by atoms with van der Waals surface area (Å²) in [5.41, 5.74) is 0. The lowest BCUT2D eigenvalue weighted by Crippen LogP contribution is -2.28. The first-order chi connectivity index (χ1) is 6.86. The highest BCUT2D eigenvalue weighted by Gasteiger charge is 2.01. The molecule has 0 aliphatic heterocycles. The van der Waals surface area contributed by atoms with Crippen molar-refractivity contribution in [2.75, 3.05) is 26.2 Å². The number of nitrogens with zero attached hydrogens (tertiary/aromatic N) is 3. The van der Waals surface area contributed by atoms with E-state index in [0.717, 1.165) is 32.6 Å². The number of imidazole rings is 1. The monoisotopic (exact) mass is 197 g/mol. The molecule has 1 aromatic heterocycles. The van der Waals surface area contributed by atoms with Crippen LogP contribution in [0.25, 0.3) is 0 Å². The Bertz CT molecular complexity index is 223. The van der Waals surface area contributed by atoms with Crippen LogP contribution in [-0.2, 0) is 6.54 Å². The fourth-order valence-electron chi connectivity index (χ4n) is 1.40. The van der Waals surface area contributed by atoms with Gasteiger partial charge in [0.1, 0.15) is 0 Å². The zero-order valence-electron chi connectivity index (χ0n) is 8.76. The van der Waals surface area contributed by atoms with Crippen LogP contribution in [0.2, 0.25) is 0 Å². The Labute approximate surface area is 85.2 Å². The fraction of sp³-hybridized carbons (Fsp3) is 0.700. The summed E-state index contributed by atoms with van der Waals surface area (Å²) >= 11 is 0. The number of likely N-dealkylation sites (N-methyl/N-ethyl adjacent to an activating group) is 1. The third-order valence-electron chi connectivity index (χ3n) is 2.31. The van der Waals surface area contributed by atoms with Crippen LogP contribution >= 0.6 is 0 Å². The van der Waals surface area contributed by atoms with Crippen LogP contribution in [0.4, 0.5) is 0 Å². The van der Waals surface area contributed by atoms with Gasteiger partial charge in [0.05, 0.1) is 6.33 Å². The van der Waals surface area contributed by atoms with E-state index in [9.17, 15) is 0 Å². The first-order valence-electron chi connectivity index (χ1n) is 5.15. The van der Waals surface area contributed by atoms with Crippen molar-refractivity contribution in [2.45, 2.75) is 19.9 Å². The van der Waals surface area contributed by atoms with E-state index in [1.165, 1.54) is 0 Å². The molecule has 0 unspecified atom stereocenters. The summed E-state index contributed by atoms with van der Waals surface area (Å²) in [6.45, 7) is 6.43. The second-order valence-electron chi connectivity index (χ2n) is 3.31. The molecule has 0 fully saturated rings. The number of aliphatic hydroxyl groups is 1. The molecule has 0 aliphatic carbocycles. The summed E-state index contributed by atoms with van der Waals surface area (Å²) in [4.78, 5) is 6.32. The van der Waals surface area contributed by atoms with Gasteiger partial charge in [0, 0.05) is 38.6 Å². The zero-order valence-corrected chi connectivity index (χ0v) is 8.76. The van der Waals surface area contributed by atoms with Crippen LogP contribution in [0.1, 0.15) is 13.3 Å². The standard InChI is InChI=1S/C10H19N3O/c1-2-12(5-3-9-14)7-8-13-6-4-11-10-13/h4,6,10,14H,2-3,5,7-9H2,1H3. The number of hydrogen-bond donors (Lipinski definition) is 1. The van der Waals surface area contributed by atoms with Crippen LogP contribution in [0.15, 0.2) is 18.7 Å². The first kappa shape index (κ1) is 11.2. The van der Waals surface area contributed by atoms with Gasteiger partial charge in [0.2, 0.25) is 0 Å². The maximum absolute atomic E-state index is 8.72. The fourth-order valence-corrected chi connectivity index (χ4v) is 1.40. The SMILES string of the molecule is CCN(CCCO)CCn1ccnc1. The lowest BCUT2D eigenvalue weighted by atomic mass is 10.4. The molecule has 1 rings (SSSR count). The van der Waals surface area contributed by atoms with Gasteiger partial charge in [-0.25, -0.2) is 4.98 Å². The quantitative estimate of drug-likeness (QED) is 0.695. The highest BCUT2D eigenvalue weighted by Crippen LogP contribution is 1.93. The van der Waals surface area contributed by atoms with Crippen LogP contribution in [0.3, 0.4) is 0 Å². The molecular weight excluding hydrogens is 178 g/mol. The topological polar surface area (TPSA) is 41.3 Å². The van der Waals surface area contributed by atoms with Crippen LogP contribution in [0, 0.1) is 0 Å². The number of hydrogen-bond acceptors (Lipinski definition) is 3. The molecule has 1 N–H and O–H groups in total. The van der Waals surface area contributed by atoms with Gasteiger partial charge >= 0.3 is 0 Å². The van der Waals surface area contributed by atoms with E-state index < -0.39 is 0 Å². The maximum Gasteiger partial charge on any atom is 0.0946 e. The number of aliphatic hydroxyl groups excluding tert-OH is 1. The second-order valence-corrected chi connectivity index (χ2v) is 3.31. The minimum Gasteiger partial charge on any atom is -0.396 e. The summed E-state index contributed by atoms with van der Waals surface area (Å²) in [6, 6.07) is 0. The summed E-state index contributed by atoms with van der Waals surface area (Å²) in [5, 5.41) is 8.72.